The van der Waals surface area contributed by atoms with E-state index >= 15 is 0 Å². The van der Waals surface area contributed by atoms with Gasteiger partial charge in [0, 0.05) is 12.8 Å². The molecule has 0 N–H and O–H groups in total. The second-order valence-corrected chi connectivity index (χ2v) is 4.21. The molecule has 0 saturated heterocycles. The Morgan fingerprint density at radius 2 is 1.33 bits per heavy atom. The molecule has 0 aliphatic rings. The first-order chi connectivity index (χ1) is 9.38. The van der Waals surface area contributed by atoms with Gasteiger partial charge in [0.2, 0.25) is 5.78 Å². The SMILES string of the molecule is COC(=O)CCCCCC(=O)C(F)(F)C(F)(F)C(F)(F)F. The fraction of sp³-hybridized carbons (Fsp3) is 0.818. The number of hydrogen-bond donors (Lipinski definition) is 0. The molecule has 3 nitrogen and oxygen atoms in total. The fourth-order valence-corrected chi connectivity index (χ4v) is 1.34. The third kappa shape index (κ3) is 4.85. The monoisotopic (exact) mass is 326 g/mol. The van der Waals surface area contributed by atoms with Gasteiger partial charge < -0.3 is 4.74 Å². The average molecular weight is 326 g/mol. The lowest BCUT2D eigenvalue weighted by atomic mass is 10.0. The minimum Gasteiger partial charge on any atom is -0.469 e. The normalized spacial score (nSPS) is 13.1. The largest absolute Gasteiger partial charge is 0.469 e. The summed E-state index contributed by atoms with van der Waals surface area (Å²) in [6.45, 7) is 0. The molecule has 0 spiro atoms. The van der Waals surface area contributed by atoms with Crippen LogP contribution in [-0.4, -0.2) is 36.9 Å². The van der Waals surface area contributed by atoms with Crippen LogP contribution in [-0.2, 0) is 14.3 Å². The number of methoxy groups -OCH3 is 1. The van der Waals surface area contributed by atoms with Crippen molar-refractivity contribution in [3.63, 3.8) is 0 Å². The molecule has 0 fully saturated rings. The topological polar surface area (TPSA) is 43.4 Å². The van der Waals surface area contributed by atoms with Gasteiger partial charge in [-0.1, -0.05) is 6.42 Å². The smallest absolute Gasteiger partial charge is 0.460 e. The molecule has 0 saturated carbocycles. The molecule has 0 aliphatic carbocycles. The summed E-state index contributed by atoms with van der Waals surface area (Å²) in [4.78, 5) is 21.6. The summed E-state index contributed by atoms with van der Waals surface area (Å²) in [7, 11) is 1.12. The van der Waals surface area contributed by atoms with Gasteiger partial charge in [-0.2, -0.15) is 30.7 Å². The van der Waals surface area contributed by atoms with Crippen molar-refractivity contribution in [3.8, 4) is 0 Å². The van der Waals surface area contributed by atoms with Crippen LogP contribution in [0.3, 0.4) is 0 Å². The molecule has 21 heavy (non-hydrogen) atoms. The summed E-state index contributed by atoms with van der Waals surface area (Å²) in [6.07, 6.45) is -7.88. The number of rotatable bonds is 8. The quantitative estimate of drug-likeness (QED) is 0.389. The molecule has 0 aromatic heterocycles. The Labute approximate surface area is 115 Å². The summed E-state index contributed by atoms with van der Waals surface area (Å²) in [6, 6.07) is 0. The van der Waals surface area contributed by atoms with Crippen LogP contribution in [0.25, 0.3) is 0 Å². The predicted molar refractivity (Wildman–Crippen MR) is 56.1 cm³/mol. The summed E-state index contributed by atoms with van der Waals surface area (Å²) < 4.78 is 90.6. The molecule has 0 amide bonds. The lowest BCUT2D eigenvalue weighted by Crippen LogP contribution is -2.56. The summed E-state index contributed by atoms with van der Waals surface area (Å²) in [5.74, 6) is -15.3. The zero-order chi connectivity index (χ0) is 16.9. The number of alkyl halides is 7. The Kier molecular flexibility index (Phi) is 6.62. The van der Waals surface area contributed by atoms with E-state index in [9.17, 15) is 40.3 Å². The van der Waals surface area contributed by atoms with E-state index in [0.29, 0.717) is 0 Å². The van der Waals surface area contributed by atoms with Crippen LogP contribution >= 0.6 is 0 Å². The van der Waals surface area contributed by atoms with Gasteiger partial charge in [-0.3, -0.25) is 9.59 Å². The fourth-order valence-electron chi connectivity index (χ4n) is 1.34. The first kappa shape index (κ1) is 19.7. The zero-order valence-electron chi connectivity index (χ0n) is 10.9. The Balaban J connectivity index is 4.42. The highest BCUT2D eigenvalue weighted by Gasteiger charge is 2.75. The first-order valence-corrected chi connectivity index (χ1v) is 5.80. The van der Waals surface area contributed by atoms with E-state index in [2.05, 4.69) is 4.74 Å². The Hall–Kier alpha value is -1.35. The van der Waals surface area contributed by atoms with Crippen LogP contribution in [0.2, 0.25) is 0 Å². The van der Waals surface area contributed by atoms with Crippen LogP contribution in [0, 0.1) is 0 Å². The van der Waals surface area contributed by atoms with Crippen LogP contribution in [0.15, 0.2) is 0 Å². The molecule has 0 aromatic rings. The molecular weight excluding hydrogens is 313 g/mol. The van der Waals surface area contributed by atoms with E-state index in [1.165, 1.54) is 0 Å². The van der Waals surface area contributed by atoms with Crippen molar-refractivity contribution < 1.29 is 45.1 Å². The number of ether oxygens (including phenoxy) is 1. The molecule has 0 aliphatic heterocycles. The van der Waals surface area contributed by atoms with E-state index in [-0.39, 0.29) is 25.7 Å². The number of carbonyl (C=O) groups excluding carboxylic acids is 2. The third-order valence-electron chi connectivity index (χ3n) is 2.61. The molecule has 0 heterocycles. The van der Waals surface area contributed by atoms with Crippen molar-refractivity contribution in [1.29, 1.82) is 0 Å². The zero-order valence-corrected chi connectivity index (χ0v) is 10.9. The average Bonchev–Trinajstić information content (AvgIpc) is 2.35. The maximum atomic E-state index is 12.9. The lowest BCUT2D eigenvalue weighted by molar-refractivity contribution is -0.343. The van der Waals surface area contributed by atoms with Crippen molar-refractivity contribution in [2.24, 2.45) is 0 Å². The number of hydrogen-bond acceptors (Lipinski definition) is 3. The van der Waals surface area contributed by atoms with Gasteiger partial charge in [0.25, 0.3) is 0 Å². The molecule has 0 rings (SSSR count). The second kappa shape index (κ2) is 7.08. The Bertz CT molecular complexity index is 377. The Morgan fingerprint density at radius 3 is 1.76 bits per heavy atom. The van der Waals surface area contributed by atoms with Gasteiger partial charge in [0.1, 0.15) is 0 Å². The minimum atomic E-state index is -6.52. The standard InChI is InChI=1S/C11H13F7O3/c1-21-8(20)6-4-2-3-5-7(19)9(12,13)10(14,15)11(16,17)18/h2-6H2,1H3. The van der Waals surface area contributed by atoms with Gasteiger partial charge in [-0.05, 0) is 12.8 Å². The lowest BCUT2D eigenvalue weighted by Gasteiger charge is -2.26. The predicted octanol–water partition coefficient (Wildman–Crippen LogP) is 3.51. The molecule has 0 aromatic carbocycles. The first-order valence-electron chi connectivity index (χ1n) is 5.80. The summed E-state index contributed by atoms with van der Waals surface area (Å²) in [5.41, 5.74) is 0. The van der Waals surface area contributed by atoms with Gasteiger partial charge in [0.15, 0.2) is 0 Å². The van der Waals surface area contributed by atoms with Gasteiger partial charge in [-0.25, -0.2) is 0 Å². The number of carbonyl (C=O) groups is 2. The van der Waals surface area contributed by atoms with Crippen molar-refractivity contribution in [3.05, 3.63) is 0 Å². The van der Waals surface area contributed by atoms with Gasteiger partial charge >= 0.3 is 24.0 Å². The van der Waals surface area contributed by atoms with Crippen LogP contribution < -0.4 is 0 Å². The van der Waals surface area contributed by atoms with Crippen molar-refractivity contribution >= 4 is 11.8 Å². The molecule has 10 heteroatoms. The van der Waals surface area contributed by atoms with Gasteiger partial charge in [0.05, 0.1) is 7.11 Å². The molecule has 124 valence electrons. The third-order valence-corrected chi connectivity index (χ3v) is 2.61. The highest BCUT2D eigenvalue weighted by molar-refractivity contribution is 5.86. The number of ketones is 1. The highest BCUT2D eigenvalue weighted by atomic mass is 19.4. The van der Waals surface area contributed by atoms with E-state index < -0.39 is 36.2 Å². The maximum absolute atomic E-state index is 12.9. The Morgan fingerprint density at radius 1 is 0.857 bits per heavy atom. The maximum Gasteiger partial charge on any atom is 0.460 e. The van der Waals surface area contributed by atoms with Crippen LogP contribution in [0.1, 0.15) is 32.1 Å². The van der Waals surface area contributed by atoms with Crippen molar-refractivity contribution in [1.82, 2.24) is 0 Å². The number of esters is 1. The molecule has 0 bridgehead atoms. The van der Waals surface area contributed by atoms with Gasteiger partial charge in [-0.15, -0.1) is 0 Å². The molecule has 0 radical (unpaired) electrons. The number of halogens is 7. The number of Topliss-reactive ketones (excluding diaryl/α,β-unsaturated/α-hetero) is 1. The van der Waals surface area contributed by atoms with Crippen LogP contribution in [0.5, 0.6) is 0 Å². The highest BCUT2D eigenvalue weighted by Crippen LogP contribution is 2.47. The number of unbranched alkanes of at least 4 members (excludes halogenated alkanes) is 2. The second-order valence-electron chi connectivity index (χ2n) is 4.21. The van der Waals surface area contributed by atoms with E-state index in [1.54, 1.807) is 0 Å². The minimum absolute atomic E-state index is 0.0362. The molecule has 0 atom stereocenters. The van der Waals surface area contributed by atoms with E-state index in [0.717, 1.165) is 7.11 Å². The summed E-state index contributed by atoms with van der Waals surface area (Å²) in [5, 5.41) is 0. The molecular formula is C11H13F7O3. The van der Waals surface area contributed by atoms with Crippen molar-refractivity contribution in [2.75, 3.05) is 7.11 Å². The van der Waals surface area contributed by atoms with Crippen molar-refractivity contribution in [2.45, 2.75) is 50.1 Å². The summed E-state index contributed by atoms with van der Waals surface area (Å²) >= 11 is 0. The van der Waals surface area contributed by atoms with E-state index in [1.807, 2.05) is 0 Å². The molecule has 0 unspecified atom stereocenters. The van der Waals surface area contributed by atoms with Crippen LogP contribution in [0.4, 0.5) is 30.7 Å². The van der Waals surface area contributed by atoms with E-state index in [4.69, 9.17) is 0 Å².